The second-order valence-corrected chi connectivity index (χ2v) is 10.4. The molecule has 1 aromatic rings. The molecule has 28 heavy (non-hydrogen) atoms. The normalized spacial score (nSPS) is 30.8. The SMILES string of the molecule is NS(=O)(=O)c1ccc(CCNC(=O)C(=O)NC23CC4CC(CC(C4)C2)C3)cc1. The van der Waals surface area contributed by atoms with E-state index in [2.05, 4.69) is 10.6 Å². The Labute approximate surface area is 165 Å². The molecule has 4 fully saturated rings. The van der Waals surface area contributed by atoms with Gasteiger partial charge in [0.1, 0.15) is 0 Å². The van der Waals surface area contributed by atoms with Crippen LogP contribution in [0.3, 0.4) is 0 Å². The van der Waals surface area contributed by atoms with Gasteiger partial charge in [-0.15, -0.1) is 0 Å². The lowest BCUT2D eigenvalue weighted by atomic mass is 9.53. The molecular formula is C20H27N3O4S. The van der Waals surface area contributed by atoms with Gasteiger partial charge in [-0.2, -0.15) is 0 Å². The molecule has 0 aliphatic heterocycles. The number of rotatable bonds is 5. The van der Waals surface area contributed by atoms with E-state index in [9.17, 15) is 18.0 Å². The molecule has 0 saturated heterocycles. The van der Waals surface area contributed by atoms with Crippen LogP contribution in [-0.4, -0.2) is 32.3 Å². The molecule has 4 saturated carbocycles. The Morgan fingerprint density at radius 1 is 0.964 bits per heavy atom. The highest BCUT2D eigenvalue weighted by atomic mass is 32.2. The van der Waals surface area contributed by atoms with Crippen molar-refractivity contribution in [1.29, 1.82) is 0 Å². The summed E-state index contributed by atoms with van der Waals surface area (Å²) >= 11 is 0. The molecule has 5 rings (SSSR count). The summed E-state index contributed by atoms with van der Waals surface area (Å²) in [6.07, 6.45) is 7.38. The lowest BCUT2D eigenvalue weighted by molar-refractivity contribution is -0.142. The number of hydrogen-bond acceptors (Lipinski definition) is 4. The monoisotopic (exact) mass is 405 g/mol. The molecule has 0 atom stereocenters. The molecule has 4 bridgehead atoms. The number of primary sulfonamides is 1. The summed E-state index contributed by atoms with van der Waals surface area (Å²) in [5.74, 6) is 0.975. The van der Waals surface area contributed by atoms with Crippen molar-refractivity contribution < 1.29 is 18.0 Å². The van der Waals surface area contributed by atoms with Gasteiger partial charge < -0.3 is 10.6 Å². The molecule has 7 nitrogen and oxygen atoms in total. The average molecular weight is 406 g/mol. The van der Waals surface area contributed by atoms with Crippen molar-refractivity contribution >= 4 is 21.8 Å². The molecule has 0 aromatic heterocycles. The van der Waals surface area contributed by atoms with Crippen LogP contribution in [-0.2, 0) is 26.0 Å². The third-order valence-electron chi connectivity index (χ3n) is 6.57. The van der Waals surface area contributed by atoms with E-state index in [1.54, 1.807) is 12.1 Å². The van der Waals surface area contributed by atoms with Crippen LogP contribution in [0.15, 0.2) is 29.2 Å². The van der Waals surface area contributed by atoms with Crippen molar-refractivity contribution in [2.75, 3.05) is 6.54 Å². The van der Waals surface area contributed by atoms with Crippen molar-refractivity contribution in [3.8, 4) is 0 Å². The van der Waals surface area contributed by atoms with Crippen molar-refractivity contribution in [2.24, 2.45) is 22.9 Å². The Bertz CT molecular complexity index is 844. The zero-order chi connectivity index (χ0) is 19.9. The largest absolute Gasteiger partial charge is 0.348 e. The Kier molecular flexibility index (Phi) is 4.95. The minimum atomic E-state index is -3.71. The average Bonchev–Trinajstić information content (AvgIpc) is 2.59. The lowest BCUT2D eigenvalue weighted by Crippen LogP contribution is -2.61. The molecule has 4 N–H and O–H groups in total. The molecule has 8 heteroatoms. The Morgan fingerprint density at radius 3 is 2.00 bits per heavy atom. The van der Waals surface area contributed by atoms with Crippen molar-refractivity contribution in [2.45, 2.75) is 55.4 Å². The minimum Gasteiger partial charge on any atom is -0.348 e. The molecule has 4 aliphatic rings. The Balaban J connectivity index is 1.27. The zero-order valence-corrected chi connectivity index (χ0v) is 16.6. The van der Waals surface area contributed by atoms with Gasteiger partial charge >= 0.3 is 11.8 Å². The summed E-state index contributed by atoms with van der Waals surface area (Å²) in [6.45, 7) is 0.307. The number of sulfonamides is 1. The highest BCUT2D eigenvalue weighted by Gasteiger charge is 2.51. The first kappa shape index (κ1) is 19.4. The summed E-state index contributed by atoms with van der Waals surface area (Å²) < 4.78 is 22.5. The van der Waals surface area contributed by atoms with Crippen molar-refractivity contribution in [3.63, 3.8) is 0 Å². The maximum atomic E-state index is 12.4. The van der Waals surface area contributed by atoms with Gasteiger partial charge in [-0.3, -0.25) is 9.59 Å². The Morgan fingerprint density at radius 2 is 1.50 bits per heavy atom. The molecule has 2 amide bonds. The number of carbonyl (C=O) groups excluding carboxylic acids is 2. The third kappa shape index (κ3) is 4.07. The first-order valence-corrected chi connectivity index (χ1v) is 11.5. The van der Waals surface area contributed by atoms with E-state index in [1.807, 2.05) is 0 Å². The number of carbonyl (C=O) groups is 2. The van der Waals surface area contributed by atoms with Crippen LogP contribution in [0.4, 0.5) is 0 Å². The summed E-state index contributed by atoms with van der Waals surface area (Å²) in [6, 6.07) is 6.18. The number of hydrogen-bond donors (Lipinski definition) is 3. The fourth-order valence-electron chi connectivity index (χ4n) is 5.81. The van der Waals surface area contributed by atoms with Gasteiger partial charge in [0.2, 0.25) is 10.0 Å². The predicted molar refractivity (Wildman–Crippen MR) is 104 cm³/mol. The van der Waals surface area contributed by atoms with Crippen molar-refractivity contribution in [1.82, 2.24) is 10.6 Å². The smallest absolute Gasteiger partial charge is 0.309 e. The Hall–Kier alpha value is -1.93. The van der Waals surface area contributed by atoms with Crippen LogP contribution in [0.2, 0.25) is 0 Å². The van der Waals surface area contributed by atoms with E-state index in [1.165, 1.54) is 31.4 Å². The minimum absolute atomic E-state index is 0.0511. The molecule has 0 spiro atoms. The van der Waals surface area contributed by atoms with Gasteiger partial charge in [0.05, 0.1) is 4.90 Å². The van der Waals surface area contributed by atoms with Crippen LogP contribution in [0.1, 0.15) is 44.1 Å². The van der Waals surface area contributed by atoms with E-state index in [0.717, 1.165) is 24.8 Å². The van der Waals surface area contributed by atoms with Gasteiger partial charge in [-0.05, 0) is 80.4 Å². The number of nitrogens with two attached hydrogens (primary N) is 1. The molecule has 0 radical (unpaired) electrons. The molecule has 0 heterocycles. The van der Waals surface area contributed by atoms with Crippen LogP contribution >= 0.6 is 0 Å². The summed E-state index contributed by atoms with van der Waals surface area (Å²) in [4.78, 5) is 24.7. The second-order valence-electron chi connectivity index (χ2n) is 8.85. The molecule has 0 unspecified atom stereocenters. The number of amides is 2. The highest BCUT2D eigenvalue weighted by Crippen LogP contribution is 2.55. The fourth-order valence-corrected chi connectivity index (χ4v) is 6.32. The summed E-state index contributed by atoms with van der Waals surface area (Å²) in [5, 5.41) is 10.8. The quantitative estimate of drug-likeness (QED) is 0.635. The predicted octanol–water partition coefficient (Wildman–Crippen LogP) is 1.08. The first-order chi connectivity index (χ1) is 13.2. The highest BCUT2D eigenvalue weighted by molar-refractivity contribution is 7.89. The van der Waals surface area contributed by atoms with E-state index < -0.39 is 21.8 Å². The summed E-state index contributed by atoms with van der Waals surface area (Å²) in [7, 11) is -3.71. The van der Waals surface area contributed by atoms with Gasteiger partial charge in [0.15, 0.2) is 0 Å². The molecule has 152 valence electrons. The van der Waals surface area contributed by atoms with Gasteiger partial charge in [0.25, 0.3) is 0 Å². The second kappa shape index (κ2) is 7.15. The van der Waals surface area contributed by atoms with E-state index >= 15 is 0 Å². The number of nitrogens with one attached hydrogen (secondary N) is 2. The van der Waals surface area contributed by atoms with Gasteiger partial charge in [-0.25, -0.2) is 13.6 Å². The van der Waals surface area contributed by atoms with E-state index in [4.69, 9.17) is 5.14 Å². The maximum absolute atomic E-state index is 12.4. The molecular weight excluding hydrogens is 378 g/mol. The van der Waals surface area contributed by atoms with Crippen LogP contribution in [0.25, 0.3) is 0 Å². The van der Waals surface area contributed by atoms with Gasteiger partial charge in [-0.1, -0.05) is 12.1 Å². The van der Waals surface area contributed by atoms with E-state index in [-0.39, 0.29) is 10.4 Å². The third-order valence-corrected chi connectivity index (χ3v) is 7.50. The molecule has 1 aromatic carbocycles. The standard InChI is InChI=1S/C20H27N3O4S/c21-28(26,27)17-3-1-13(2-4-17)5-6-22-18(24)19(25)23-20-10-14-7-15(11-20)9-16(8-14)12-20/h1-4,14-16H,5-12H2,(H,22,24)(H,23,25)(H2,21,26,27). The number of benzene rings is 1. The van der Waals surface area contributed by atoms with Crippen LogP contribution in [0, 0.1) is 17.8 Å². The van der Waals surface area contributed by atoms with Gasteiger partial charge in [0, 0.05) is 12.1 Å². The van der Waals surface area contributed by atoms with Crippen molar-refractivity contribution in [3.05, 3.63) is 29.8 Å². The molecule has 4 aliphatic carbocycles. The fraction of sp³-hybridized carbons (Fsp3) is 0.600. The first-order valence-electron chi connectivity index (χ1n) is 9.94. The maximum Gasteiger partial charge on any atom is 0.309 e. The topological polar surface area (TPSA) is 118 Å². The lowest BCUT2D eigenvalue weighted by Gasteiger charge is -2.56. The summed E-state index contributed by atoms with van der Waals surface area (Å²) in [5.41, 5.74) is 0.682. The van der Waals surface area contributed by atoms with E-state index in [0.29, 0.717) is 30.7 Å². The van der Waals surface area contributed by atoms with Crippen LogP contribution in [0.5, 0.6) is 0 Å². The zero-order valence-electron chi connectivity index (χ0n) is 15.8. The van der Waals surface area contributed by atoms with Crippen LogP contribution < -0.4 is 15.8 Å².